The second kappa shape index (κ2) is 5.95. The van der Waals surface area contributed by atoms with E-state index < -0.39 is 0 Å². The van der Waals surface area contributed by atoms with Gasteiger partial charge in [0.1, 0.15) is 18.0 Å². The highest BCUT2D eigenvalue weighted by Gasteiger charge is 2.06. The monoisotopic (exact) mass is 247 g/mol. The smallest absolute Gasteiger partial charge is 0.134 e. The van der Waals surface area contributed by atoms with Gasteiger partial charge in [0.15, 0.2) is 0 Å². The van der Waals surface area contributed by atoms with E-state index in [4.69, 9.17) is 5.73 Å². The molecule has 2 aromatic rings. The molecular formula is C11H17N7. The van der Waals surface area contributed by atoms with Crippen LogP contribution in [-0.4, -0.2) is 31.5 Å². The van der Waals surface area contributed by atoms with E-state index in [1.165, 1.54) is 6.33 Å². The van der Waals surface area contributed by atoms with Crippen molar-refractivity contribution in [1.82, 2.24) is 25.0 Å². The molecule has 0 bridgehead atoms. The lowest BCUT2D eigenvalue weighted by Gasteiger charge is -2.10. The van der Waals surface area contributed by atoms with Gasteiger partial charge in [0, 0.05) is 24.8 Å². The van der Waals surface area contributed by atoms with Gasteiger partial charge in [-0.25, -0.2) is 9.97 Å². The molecule has 0 aliphatic rings. The Morgan fingerprint density at radius 3 is 3.00 bits per heavy atom. The van der Waals surface area contributed by atoms with Crippen molar-refractivity contribution in [3.8, 4) is 0 Å². The first-order valence-corrected chi connectivity index (χ1v) is 5.98. The molecule has 2 aromatic heterocycles. The molecule has 0 aromatic carbocycles. The zero-order chi connectivity index (χ0) is 12.8. The molecular weight excluding hydrogens is 230 g/mol. The zero-order valence-electron chi connectivity index (χ0n) is 10.4. The number of aromatic nitrogens is 5. The van der Waals surface area contributed by atoms with Crippen molar-refractivity contribution in [2.45, 2.75) is 26.3 Å². The summed E-state index contributed by atoms with van der Waals surface area (Å²) in [7, 11) is 0. The lowest BCUT2D eigenvalue weighted by atomic mass is 10.2. The Balaban J connectivity index is 1.85. The highest BCUT2D eigenvalue weighted by Crippen LogP contribution is 2.17. The van der Waals surface area contributed by atoms with Crippen LogP contribution in [0.5, 0.6) is 0 Å². The van der Waals surface area contributed by atoms with E-state index in [1.54, 1.807) is 10.9 Å². The second-order valence-corrected chi connectivity index (χ2v) is 3.89. The van der Waals surface area contributed by atoms with Crippen molar-refractivity contribution < 1.29 is 0 Å². The molecule has 0 saturated heterocycles. The zero-order valence-corrected chi connectivity index (χ0v) is 10.4. The van der Waals surface area contributed by atoms with Gasteiger partial charge in [0.2, 0.25) is 0 Å². The molecule has 96 valence electrons. The number of nitrogen functional groups attached to an aromatic ring is 1. The van der Waals surface area contributed by atoms with Crippen LogP contribution in [0.4, 0.5) is 11.6 Å². The van der Waals surface area contributed by atoms with E-state index >= 15 is 0 Å². The Bertz CT molecular complexity index is 480. The third-order valence-corrected chi connectivity index (χ3v) is 2.66. The SMILES string of the molecule is CCc1c(N)ncnc1NCCCn1ccnn1. The third kappa shape index (κ3) is 2.93. The lowest BCUT2D eigenvalue weighted by Crippen LogP contribution is -2.11. The van der Waals surface area contributed by atoms with Gasteiger partial charge in [-0.2, -0.15) is 0 Å². The van der Waals surface area contributed by atoms with Crippen molar-refractivity contribution in [2.75, 3.05) is 17.6 Å². The maximum atomic E-state index is 5.80. The fourth-order valence-corrected chi connectivity index (χ4v) is 1.73. The molecule has 7 nitrogen and oxygen atoms in total. The minimum Gasteiger partial charge on any atom is -0.383 e. The first-order chi connectivity index (χ1) is 8.81. The van der Waals surface area contributed by atoms with Crippen LogP contribution in [0.3, 0.4) is 0 Å². The summed E-state index contributed by atoms with van der Waals surface area (Å²) in [6, 6.07) is 0. The summed E-state index contributed by atoms with van der Waals surface area (Å²) in [4.78, 5) is 8.19. The third-order valence-electron chi connectivity index (χ3n) is 2.66. The van der Waals surface area contributed by atoms with Crippen LogP contribution in [0.25, 0.3) is 0 Å². The van der Waals surface area contributed by atoms with Crippen LogP contribution in [0.2, 0.25) is 0 Å². The fourth-order valence-electron chi connectivity index (χ4n) is 1.73. The summed E-state index contributed by atoms with van der Waals surface area (Å²) >= 11 is 0. The Kier molecular flexibility index (Phi) is 4.06. The molecule has 2 rings (SSSR count). The van der Waals surface area contributed by atoms with Crippen molar-refractivity contribution >= 4 is 11.6 Å². The van der Waals surface area contributed by atoms with Gasteiger partial charge in [-0.15, -0.1) is 5.10 Å². The van der Waals surface area contributed by atoms with Crippen LogP contribution in [-0.2, 0) is 13.0 Å². The van der Waals surface area contributed by atoms with Crippen LogP contribution in [0.1, 0.15) is 18.9 Å². The largest absolute Gasteiger partial charge is 0.383 e. The Labute approximate surface area is 105 Å². The van der Waals surface area contributed by atoms with Crippen LogP contribution < -0.4 is 11.1 Å². The Morgan fingerprint density at radius 2 is 2.28 bits per heavy atom. The average molecular weight is 247 g/mol. The molecule has 0 aliphatic heterocycles. The summed E-state index contributed by atoms with van der Waals surface area (Å²) in [5.74, 6) is 1.37. The number of hydrogen-bond acceptors (Lipinski definition) is 6. The maximum Gasteiger partial charge on any atom is 0.134 e. The quantitative estimate of drug-likeness (QED) is 0.730. The molecule has 0 unspecified atom stereocenters. The fraction of sp³-hybridized carbons (Fsp3) is 0.455. The van der Waals surface area contributed by atoms with Crippen LogP contribution >= 0.6 is 0 Å². The topological polar surface area (TPSA) is 94.5 Å². The van der Waals surface area contributed by atoms with Crippen molar-refractivity contribution in [3.05, 3.63) is 24.3 Å². The number of aryl methyl sites for hydroxylation is 1. The number of nitrogens with two attached hydrogens (primary N) is 1. The van der Waals surface area contributed by atoms with Crippen molar-refractivity contribution in [1.29, 1.82) is 0 Å². The minimum absolute atomic E-state index is 0.547. The highest BCUT2D eigenvalue weighted by atomic mass is 15.4. The van der Waals surface area contributed by atoms with Gasteiger partial charge in [0.25, 0.3) is 0 Å². The maximum absolute atomic E-state index is 5.80. The summed E-state index contributed by atoms with van der Waals surface area (Å²) in [5, 5.41) is 10.9. The molecule has 0 spiro atoms. The van der Waals surface area contributed by atoms with E-state index in [0.29, 0.717) is 5.82 Å². The number of rotatable bonds is 6. The highest BCUT2D eigenvalue weighted by molar-refractivity contribution is 5.54. The van der Waals surface area contributed by atoms with E-state index in [-0.39, 0.29) is 0 Å². The molecule has 0 fully saturated rings. The number of anilines is 2. The van der Waals surface area contributed by atoms with Crippen molar-refractivity contribution in [3.63, 3.8) is 0 Å². The van der Waals surface area contributed by atoms with Crippen molar-refractivity contribution in [2.24, 2.45) is 0 Å². The van der Waals surface area contributed by atoms with Crippen LogP contribution in [0.15, 0.2) is 18.7 Å². The first kappa shape index (κ1) is 12.3. The van der Waals surface area contributed by atoms with Gasteiger partial charge in [-0.05, 0) is 12.8 Å². The first-order valence-electron chi connectivity index (χ1n) is 5.98. The Hall–Kier alpha value is -2.18. The average Bonchev–Trinajstić information content (AvgIpc) is 2.88. The summed E-state index contributed by atoms with van der Waals surface area (Å²) < 4.78 is 1.80. The molecule has 0 atom stereocenters. The van der Waals surface area contributed by atoms with Gasteiger partial charge in [-0.3, -0.25) is 4.68 Å². The van der Waals surface area contributed by atoms with Gasteiger partial charge in [0.05, 0.1) is 6.20 Å². The Morgan fingerprint density at radius 1 is 1.39 bits per heavy atom. The number of nitrogens with zero attached hydrogens (tertiary/aromatic N) is 5. The summed E-state index contributed by atoms with van der Waals surface area (Å²) in [5.41, 5.74) is 6.77. The van der Waals surface area contributed by atoms with Gasteiger partial charge >= 0.3 is 0 Å². The standard InChI is InChI=1S/C11H17N7/c1-2-9-10(12)14-8-15-11(9)13-4-3-6-18-7-5-16-17-18/h5,7-8H,2-4,6H2,1H3,(H3,12,13,14,15). The molecule has 0 aliphatic carbocycles. The minimum atomic E-state index is 0.547. The molecule has 0 radical (unpaired) electrons. The molecule has 18 heavy (non-hydrogen) atoms. The van der Waals surface area contributed by atoms with Crippen LogP contribution in [0, 0.1) is 0 Å². The summed E-state index contributed by atoms with van der Waals surface area (Å²) in [6.07, 6.45) is 6.76. The van der Waals surface area contributed by atoms with E-state index in [2.05, 4.69) is 25.6 Å². The molecule has 0 amide bonds. The number of hydrogen-bond donors (Lipinski definition) is 2. The molecule has 0 saturated carbocycles. The lowest BCUT2D eigenvalue weighted by molar-refractivity contribution is 0.569. The summed E-state index contributed by atoms with van der Waals surface area (Å²) in [6.45, 7) is 3.67. The predicted molar refractivity (Wildman–Crippen MR) is 69.0 cm³/mol. The normalized spacial score (nSPS) is 10.5. The molecule has 2 heterocycles. The van der Waals surface area contributed by atoms with E-state index in [1.807, 2.05) is 13.1 Å². The number of nitrogens with one attached hydrogen (secondary N) is 1. The van der Waals surface area contributed by atoms with E-state index in [0.717, 1.165) is 37.3 Å². The molecule has 7 heteroatoms. The predicted octanol–water partition coefficient (Wildman–Crippen LogP) is 0.715. The van der Waals surface area contributed by atoms with Gasteiger partial charge < -0.3 is 11.1 Å². The van der Waals surface area contributed by atoms with E-state index in [9.17, 15) is 0 Å². The second-order valence-electron chi connectivity index (χ2n) is 3.89. The molecule has 3 N–H and O–H groups in total. The van der Waals surface area contributed by atoms with Gasteiger partial charge in [-0.1, -0.05) is 12.1 Å².